The Morgan fingerprint density at radius 2 is 2.14 bits per heavy atom. The summed E-state index contributed by atoms with van der Waals surface area (Å²) in [5.41, 5.74) is 6.81. The van der Waals surface area contributed by atoms with Crippen molar-refractivity contribution in [3.05, 3.63) is 27.7 Å². The molecule has 4 nitrogen and oxygen atoms in total. The summed E-state index contributed by atoms with van der Waals surface area (Å²) in [5, 5.41) is 0.912. The predicted molar refractivity (Wildman–Crippen MR) is 86.1 cm³/mol. The summed E-state index contributed by atoms with van der Waals surface area (Å²) in [6.07, 6.45) is 1.54. The molecule has 1 saturated heterocycles. The van der Waals surface area contributed by atoms with E-state index in [1.165, 1.54) is 0 Å². The predicted octanol–water partition coefficient (Wildman–Crippen LogP) is 2.84. The smallest absolute Gasteiger partial charge is 0.154 e. The minimum atomic E-state index is -3.00. The molecule has 1 aromatic rings. The van der Waals surface area contributed by atoms with E-state index < -0.39 is 9.84 Å². The summed E-state index contributed by atoms with van der Waals surface area (Å²) in [4.78, 5) is 0. The molecule has 0 bridgehead atoms. The van der Waals surface area contributed by atoms with E-state index in [4.69, 9.17) is 33.7 Å². The van der Waals surface area contributed by atoms with Crippen LogP contribution in [0.5, 0.6) is 5.75 Å². The summed E-state index contributed by atoms with van der Waals surface area (Å²) in [5.74, 6) is 0.699. The number of benzene rings is 1. The molecule has 0 spiro atoms. The van der Waals surface area contributed by atoms with E-state index in [1.807, 2.05) is 6.92 Å². The van der Waals surface area contributed by atoms with E-state index in [1.54, 1.807) is 12.1 Å². The highest BCUT2D eigenvalue weighted by molar-refractivity contribution is 7.91. The molecule has 118 valence electrons. The maximum Gasteiger partial charge on any atom is 0.154 e. The molecule has 1 aromatic carbocycles. The molecule has 1 aliphatic rings. The Morgan fingerprint density at radius 3 is 2.71 bits per heavy atom. The van der Waals surface area contributed by atoms with Crippen molar-refractivity contribution in [1.29, 1.82) is 0 Å². The van der Waals surface area contributed by atoms with Gasteiger partial charge in [-0.25, -0.2) is 8.42 Å². The van der Waals surface area contributed by atoms with Gasteiger partial charge in [-0.15, -0.1) is 0 Å². The standard InChI is InChI=1S/C14H19Cl2NO3S/c1-2-11(17)6-9-5-10(15)7-13(16)14(9)20-12-3-4-21(18,19)8-12/h5,7,11-12H,2-4,6,8,17H2,1H3. The van der Waals surface area contributed by atoms with Crippen molar-refractivity contribution in [1.82, 2.24) is 0 Å². The Kier molecular flexibility index (Phi) is 5.41. The van der Waals surface area contributed by atoms with Gasteiger partial charge in [0.1, 0.15) is 11.9 Å². The molecule has 1 heterocycles. The minimum Gasteiger partial charge on any atom is -0.487 e. The van der Waals surface area contributed by atoms with Crippen molar-refractivity contribution >= 4 is 33.0 Å². The van der Waals surface area contributed by atoms with Gasteiger partial charge >= 0.3 is 0 Å². The van der Waals surface area contributed by atoms with E-state index in [9.17, 15) is 8.42 Å². The van der Waals surface area contributed by atoms with Crippen molar-refractivity contribution in [3.8, 4) is 5.75 Å². The van der Waals surface area contributed by atoms with E-state index >= 15 is 0 Å². The minimum absolute atomic E-state index is 0.0193. The number of hydrogen-bond acceptors (Lipinski definition) is 4. The van der Waals surface area contributed by atoms with Crippen LogP contribution in [0.25, 0.3) is 0 Å². The largest absolute Gasteiger partial charge is 0.487 e. The monoisotopic (exact) mass is 351 g/mol. The molecule has 0 aromatic heterocycles. The summed E-state index contributed by atoms with van der Waals surface area (Å²) in [6, 6.07) is 3.36. The van der Waals surface area contributed by atoms with Crippen LogP contribution in [-0.4, -0.2) is 32.1 Å². The van der Waals surface area contributed by atoms with Crippen LogP contribution in [0, 0.1) is 0 Å². The third-order valence-corrected chi connectivity index (χ3v) is 5.80. The first kappa shape index (κ1) is 16.9. The zero-order chi connectivity index (χ0) is 15.6. The highest BCUT2D eigenvalue weighted by atomic mass is 35.5. The van der Waals surface area contributed by atoms with Crippen LogP contribution >= 0.6 is 23.2 Å². The summed E-state index contributed by atoms with van der Waals surface area (Å²) in [6.45, 7) is 2.00. The van der Waals surface area contributed by atoms with Gasteiger partial charge in [0.25, 0.3) is 0 Å². The van der Waals surface area contributed by atoms with E-state index in [0.29, 0.717) is 28.6 Å². The molecule has 2 atom stereocenters. The lowest BCUT2D eigenvalue weighted by molar-refractivity contribution is 0.226. The van der Waals surface area contributed by atoms with Crippen LogP contribution in [0.15, 0.2) is 12.1 Å². The number of halogens is 2. The molecule has 7 heteroatoms. The zero-order valence-corrected chi connectivity index (χ0v) is 14.1. The number of sulfone groups is 1. The van der Waals surface area contributed by atoms with Gasteiger partial charge in [-0.05, 0) is 37.0 Å². The van der Waals surface area contributed by atoms with Crippen molar-refractivity contribution in [3.63, 3.8) is 0 Å². The molecule has 1 fully saturated rings. The Balaban J connectivity index is 2.25. The fraction of sp³-hybridized carbons (Fsp3) is 0.571. The van der Waals surface area contributed by atoms with Gasteiger partial charge in [-0.2, -0.15) is 0 Å². The average Bonchev–Trinajstić information content (AvgIpc) is 2.73. The lowest BCUT2D eigenvalue weighted by Crippen LogP contribution is -2.23. The quantitative estimate of drug-likeness (QED) is 0.885. The van der Waals surface area contributed by atoms with Crippen molar-refractivity contribution in [2.75, 3.05) is 11.5 Å². The molecular formula is C14H19Cl2NO3S. The van der Waals surface area contributed by atoms with Gasteiger partial charge in [0.05, 0.1) is 16.5 Å². The van der Waals surface area contributed by atoms with Crippen LogP contribution in [0.2, 0.25) is 10.0 Å². The lowest BCUT2D eigenvalue weighted by atomic mass is 10.0. The second kappa shape index (κ2) is 6.73. The van der Waals surface area contributed by atoms with Crippen LogP contribution in [0.3, 0.4) is 0 Å². The maximum atomic E-state index is 11.5. The highest BCUT2D eigenvalue weighted by Gasteiger charge is 2.30. The molecule has 21 heavy (non-hydrogen) atoms. The number of nitrogens with two attached hydrogens (primary N) is 1. The van der Waals surface area contributed by atoms with Crippen LogP contribution in [0.1, 0.15) is 25.3 Å². The molecule has 0 aliphatic carbocycles. The molecule has 0 radical (unpaired) electrons. The van der Waals surface area contributed by atoms with Gasteiger partial charge in [0.15, 0.2) is 9.84 Å². The first-order valence-corrected chi connectivity index (χ1v) is 9.49. The van der Waals surface area contributed by atoms with Gasteiger partial charge in [-0.3, -0.25) is 0 Å². The second-order valence-corrected chi connectivity index (χ2v) is 8.46. The van der Waals surface area contributed by atoms with Crippen molar-refractivity contribution in [2.45, 2.75) is 38.3 Å². The maximum absolute atomic E-state index is 11.5. The van der Waals surface area contributed by atoms with Crippen LogP contribution in [0.4, 0.5) is 0 Å². The van der Waals surface area contributed by atoms with Gasteiger partial charge in [-0.1, -0.05) is 30.1 Å². The summed E-state index contributed by atoms with van der Waals surface area (Å²) >= 11 is 12.2. The number of rotatable bonds is 5. The Bertz CT molecular complexity index is 619. The lowest BCUT2D eigenvalue weighted by Gasteiger charge is -2.19. The SMILES string of the molecule is CCC(N)Cc1cc(Cl)cc(Cl)c1OC1CCS(=O)(=O)C1. The number of ether oxygens (including phenoxy) is 1. The Morgan fingerprint density at radius 1 is 1.43 bits per heavy atom. The molecular weight excluding hydrogens is 333 g/mol. The Labute approximate surface area is 135 Å². The fourth-order valence-corrected chi connectivity index (χ4v) is 4.51. The molecule has 2 N–H and O–H groups in total. The molecule has 2 unspecified atom stereocenters. The number of hydrogen-bond donors (Lipinski definition) is 1. The first-order valence-electron chi connectivity index (χ1n) is 6.91. The average molecular weight is 352 g/mol. The van der Waals surface area contributed by atoms with Crippen molar-refractivity contribution in [2.24, 2.45) is 5.73 Å². The summed E-state index contributed by atoms with van der Waals surface area (Å²) in [7, 11) is -3.00. The van der Waals surface area contributed by atoms with E-state index in [0.717, 1.165) is 12.0 Å². The highest BCUT2D eigenvalue weighted by Crippen LogP contribution is 2.35. The van der Waals surface area contributed by atoms with Crippen LogP contribution < -0.4 is 10.5 Å². The van der Waals surface area contributed by atoms with E-state index in [-0.39, 0.29) is 23.7 Å². The van der Waals surface area contributed by atoms with Gasteiger partial charge < -0.3 is 10.5 Å². The summed E-state index contributed by atoms with van der Waals surface area (Å²) < 4.78 is 28.9. The van der Waals surface area contributed by atoms with Gasteiger partial charge in [0, 0.05) is 11.1 Å². The normalized spacial score (nSPS) is 22.2. The van der Waals surface area contributed by atoms with Crippen LogP contribution in [-0.2, 0) is 16.3 Å². The third-order valence-electron chi connectivity index (χ3n) is 3.57. The fourth-order valence-electron chi connectivity index (χ4n) is 2.34. The van der Waals surface area contributed by atoms with Crippen molar-refractivity contribution < 1.29 is 13.2 Å². The van der Waals surface area contributed by atoms with E-state index in [2.05, 4.69) is 0 Å². The second-order valence-electron chi connectivity index (χ2n) is 5.39. The molecule has 1 aliphatic heterocycles. The first-order chi connectivity index (χ1) is 9.80. The Hall–Kier alpha value is -0.490. The molecule has 0 amide bonds. The third kappa shape index (κ3) is 4.49. The topological polar surface area (TPSA) is 69.4 Å². The molecule has 2 rings (SSSR count). The molecule has 0 saturated carbocycles. The zero-order valence-electron chi connectivity index (χ0n) is 11.8. The van der Waals surface area contributed by atoms with Gasteiger partial charge in [0.2, 0.25) is 0 Å².